The summed E-state index contributed by atoms with van der Waals surface area (Å²) in [5.74, 6) is 0.605. The number of rotatable bonds is 6. The van der Waals surface area contributed by atoms with Crippen molar-refractivity contribution in [1.82, 2.24) is 19.8 Å². The Balaban J connectivity index is 1.30. The minimum absolute atomic E-state index is 0.0176. The molecular weight excluding hydrogens is 420 g/mol. The normalized spacial score (nSPS) is 20.8. The third kappa shape index (κ3) is 4.71. The summed E-state index contributed by atoms with van der Waals surface area (Å²) in [7, 11) is 0. The van der Waals surface area contributed by atoms with Gasteiger partial charge in [0.25, 0.3) is 0 Å². The van der Waals surface area contributed by atoms with Gasteiger partial charge < -0.3 is 24.3 Å². The molecule has 172 valence electrons. The van der Waals surface area contributed by atoms with E-state index >= 15 is 0 Å². The van der Waals surface area contributed by atoms with Crippen LogP contribution in [-0.4, -0.2) is 76.6 Å². The number of nitrogens with one attached hydrogen (secondary N) is 1. The summed E-state index contributed by atoms with van der Waals surface area (Å²) in [6.45, 7) is 2.56. The maximum atomic E-state index is 13.3. The monoisotopic (exact) mass is 448 g/mol. The molecule has 8 heteroatoms. The van der Waals surface area contributed by atoms with Gasteiger partial charge in [-0.05, 0) is 30.2 Å². The highest BCUT2D eigenvalue weighted by Crippen LogP contribution is 2.26. The summed E-state index contributed by atoms with van der Waals surface area (Å²) in [4.78, 5) is 37.5. The molecule has 1 N–H and O–H groups in total. The Morgan fingerprint density at radius 3 is 2.82 bits per heavy atom. The Hall–Kier alpha value is -3.39. The highest BCUT2D eigenvalue weighted by molar-refractivity contribution is 5.89. The van der Waals surface area contributed by atoms with Crippen LogP contribution >= 0.6 is 0 Å². The minimum Gasteiger partial charge on any atom is -0.487 e. The highest BCUT2D eigenvalue weighted by atomic mass is 16.5. The lowest BCUT2D eigenvalue weighted by Gasteiger charge is -2.32. The molecule has 2 aliphatic heterocycles. The van der Waals surface area contributed by atoms with E-state index in [1.165, 1.54) is 0 Å². The maximum Gasteiger partial charge on any atom is 0.245 e. The van der Waals surface area contributed by atoms with Gasteiger partial charge in [-0.2, -0.15) is 0 Å². The molecule has 1 aromatic carbocycles. The molecule has 2 amide bonds. The van der Waals surface area contributed by atoms with Gasteiger partial charge in [0.2, 0.25) is 11.8 Å². The number of para-hydroxylation sites is 1. The highest BCUT2D eigenvalue weighted by Gasteiger charge is 2.42. The topological polar surface area (TPSA) is 87.8 Å². The molecule has 2 aliphatic rings. The Morgan fingerprint density at radius 2 is 2.00 bits per heavy atom. The lowest BCUT2D eigenvalue weighted by atomic mass is 10.1. The largest absolute Gasteiger partial charge is 0.487 e. The summed E-state index contributed by atoms with van der Waals surface area (Å²) in [5.41, 5.74) is 2.17. The van der Waals surface area contributed by atoms with Crippen LogP contribution in [0.15, 0.2) is 55.0 Å². The van der Waals surface area contributed by atoms with Crippen molar-refractivity contribution in [2.24, 2.45) is 0 Å². The van der Waals surface area contributed by atoms with Gasteiger partial charge in [-0.25, -0.2) is 0 Å². The van der Waals surface area contributed by atoms with E-state index in [4.69, 9.17) is 9.47 Å². The Kier molecular flexibility index (Phi) is 6.26. The number of benzene rings is 1. The third-order valence-electron chi connectivity index (χ3n) is 6.41. The predicted molar refractivity (Wildman–Crippen MR) is 123 cm³/mol. The number of carbonyl (C=O) groups excluding carboxylic acids is 2. The van der Waals surface area contributed by atoms with E-state index in [9.17, 15) is 9.59 Å². The van der Waals surface area contributed by atoms with E-state index in [2.05, 4.69) is 16.0 Å². The first-order chi connectivity index (χ1) is 16.2. The van der Waals surface area contributed by atoms with E-state index in [0.717, 1.165) is 16.5 Å². The van der Waals surface area contributed by atoms with Crippen molar-refractivity contribution in [3.8, 4) is 5.75 Å². The number of hydrogen-bond donors (Lipinski definition) is 1. The van der Waals surface area contributed by atoms with Gasteiger partial charge in [-0.15, -0.1) is 0 Å². The number of ether oxygens (including phenoxy) is 2. The zero-order valence-corrected chi connectivity index (χ0v) is 18.5. The fraction of sp³-hybridized carbons (Fsp3) is 0.400. The number of fused-ring (bicyclic) bond motifs is 1. The molecule has 2 aromatic heterocycles. The molecule has 0 unspecified atom stereocenters. The summed E-state index contributed by atoms with van der Waals surface area (Å²) in [6.07, 6.45) is 6.49. The van der Waals surface area contributed by atoms with Crippen molar-refractivity contribution >= 4 is 22.7 Å². The number of H-pyrrole nitrogens is 1. The number of likely N-dealkylation sites (tertiary alicyclic amines) is 1. The van der Waals surface area contributed by atoms with E-state index in [-0.39, 0.29) is 17.9 Å². The molecule has 2 fully saturated rings. The van der Waals surface area contributed by atoms with Gasteiger partial charge in [0.1, 0.15) is 17.9 Å². The smallest absolute Gasteiger partial charge is 0.245 e. The van der Waals surface area contributed by atoms with Crippen LogP contribution in [0.4, 0.5) is 0 Å². The molecule has 2 atom stereocenters. The molecule has 0 radical (unpaired) electrons. The first kappa shape index (κ1) is 21.5. The van der Waals surface area contributed by atoms with E-state index in [1.54, 1.807) is 22.2 Å². The molecule has 0 bridgehead atoms. The van der Waals surface area contributed by atoms with Gasteiger partial charge >= 0.3 is 0 Å². The third-order valence-corrected chi connectivity index (χ3v) is 6.41. The van der Waals surface area contributed by atoms with Crippen LogP contribution in [0.3, 0.4) is 0 Å². The first-order valence-corrected chi connectivity index (χ1v) is 11.5. The molecule has 5 rings (SSSR count). The molecule has 33 heavy (non-hydrogen) atoms. The summed E-state index contributed by atoms with van der Waals surface area (Å²) in [6, 6.07) is 11.2. The fourth-order valence-corrected chi connectivity index (χ4v) is 4.72. The minimum atomic E-state index is -0.514. The number of aromatic nitrogens is 2. The van der Waals surface area contributed by atoms with Crippen LogP contribution in [0.5, 0.6) is 5.75 Å². The second kappa shape index (κ2) is 9.62. The van der Waals surface area contributed by atoms with Crippen molar-refractivity contribution in [3.05, 3.63) is 60.6 Å². The zero-order chi connectivity index (χ0) is 22.6. The lowest BCUT2D eigenvalue weighted by molar-refractivity contribution is -0.146. The second-order valence-corrected chi connectivity index (χ2v) is 8.52. The molecule has 0 saturated carbocycles. The summed E-state index contributed by atoms with van der Waals surface area (Å²) >= 11 is 0. The van der Waals surface area contributed by atoms with Crippen molar-refractivity contribution < 1.29 is 19.1 Å². The number of hydrogen-bond acceptors (Lipinski definition) is 5. The Bertz CT molecular complexity index is 1110. The van der Waals surface area contributed by atoms with Crippen LogP contribution in [0.2, 0.25) is 0 Å². The predicted octanol–water partition coefficient (Wildman–Crippen LogP) is 2.40. The fourth-order valence-electron chi connectivity index (χ4n) is 4.72. The van der Waals surface area contributed by atoms with Crippen molar-refractivity contribution in [2.45, 2.75) is 31.4 Å². The number of nitrogens with zero attached hydrogens (tertiary/aromatic N) is 3. The van der Waals surface area contributed by atoms with Crippen molar-refractivity contribution in [3.63, 3.8) is 0 Å². The number of amides is 2. The molecule has 0 spiro atoms. The van der Waals surface area contributed by atoms with Crippen LogP contribution in [0.25, 0.3) is 10.9 Å². The molecule has 4 heterocycles. The number of morpholine rings is 1. The first-order valence-electron chi connectivity index (χ1n) is 11.5. The molecule has 0 aliphatic carbocycles. The molecule has 2 saturated heterocycles. The number of aryl methyl sites for hydroxylation is 1. The number of aromatic amines is 1. The Labute approximate surface area is 192 Å². The number of carbonyl (C=O) groups is 2. The SMILES string of the molecule is O=C([C@@H]1C[C@H](Oc2cccnc2)CN1C(=O)CCc1c[nH]c2ccccc12)N1CCOCC1. The zero-order valence-electron chi connectivity index (χ0n) is 18.5. The Morgan fingerprint density at radius 1 is 1.15 bits per heavy atom. The number of pyridine rings is 1. The second-order valence-electron chi connectivity index (χ2n) is 8.52. The average molecular weight is 449 g/mol. The van der Waals surface area contributed by atoms with Gasteiger partial charge in [0.05, 0.1) is 26.0 Å². The van der Waals surface area contributed by atoms with E-state index in [0.29, 0.717) is 57.9 Å². The van der Waals surface area contributed by atoms with Crippen LogP contribution in [-0.2, 0) is 20.7 Å². The maximum absolute atomic E-state index is 13.3. The summed E-state index contributed by atoms with van der Waals surface area (Å²) < 4.78 is 11.5. The van der Waals surface area contributed by atoms with E-state index < -0.39 is 6.04 Å². The molecular formula is C25H28N4O4. The van der Waals surface area contributed by atoms with Gasteiger partial charge in [0.15, 0.2) is 0 Å². The average Bonchev–Trinajstić information content (AvgIpc) is 3.48. The quantitative estimate of drug-likeness (QED) is 0.626. The molecule has 8 nitrogen and oxygen atoms in total. The van der Waals surface area contributed by atoms with Gasteiger partial charge in [-0.1, -0.05) is 18.2 Å². The van der Waals surface area contributed by atoms with Crippen LogP contribution < -0.4 is 4.74 Å². The van der Waals surface area contributed by atoms with Crippen LogP contribution in [0.1, 0.15) is 18.4 Å². The molecule has 3 aromatic rings. The lowest BCUT2D eigenvalue weighted by Crippen LogP contribution is -2.51. The van der Waals surface area contributed by atoms with Crippen LogP contribution in [0, 0.1) is 0 Å². The van der Waals surface area contributed by atoms with Crippen molar-refractivity contribution in [1.29, 1.82) is 0 Å². The standard InChI is InChI=1S/C25H28N4O4/c30-24(8-7-18-15-27-22-6-2-1-5-21(18)22)29-17-20(33-19-4-3-9-26-16-19)14-23(29)25(31)28-10-12-32-13-11-28/h1-6,9,15-16,20,23,27H,7-8,10-14,17H2/t20-,23-/m0/s1. The van der Waals surface area contributed by atoms with Gasteiger partial charge in [0, 0.05) is 49.2 Å². The van der Waals surface area contributed by atoms with E-state index in [1.807, 2.05) is 36.5 Å². The van der Waals surface area contributed by atoms with Crippen molar-refractivity contribution in [2.75, 3.05) is 32.8 Å². The summed E-state index contributed by atoms with van der Waals surface area (Å²) in [5, 5.41) is 1.13. The van der Waals surface area contributed by atoms with Gasteiger partial charge in [-0.3, -0.25) is 14.6 Å².